The maximum absolute atomic E-state index is 12.6. The van der Waals surface area contributed by atoms with Crippen LogP contribution in [0.15, 0.2) is 54.7 Å². The Morgan fingerprint density at radius 2 is 1.96 bits per heavy atom. The van der Waals surface area contributed by atoms with Crippen LogP contribution in [0.2, 0.25) is 0 Å². The molecule has 23 heavy (non-hydrogen) atoms. The zero-order valence-electron chi connectivity index (χ0n) is 12.3. The van der Waals surface area contributed by atoms with E-state index in [1.54, 1.807) is 0 Å². The minimum Gasteiger partial charge on any atom is -0.361 e. The predicted octanol–water partition coefficient (Wildman–Crippen LogP) is 2.12. The standard InChI is InChI=1S/C17H15N5O/c18-13(9-11-10-19-14-6-2-1-5-12(11)14)17(23)22-16-8-4-3-7-15(16)20-21-22/h1-8,10,13,19H,9,18H2/t13-/m0/s1. The van der Waals surface area contributed by atoms with E-state index in [4.69, 9.17) is 5.73 Å². The molecule has 0 aliphatic heterocycles. The van der Waals surface area contributed by atoms with Crippen LogP contribution in [0.25, 0.3) is 21.9 Å². The van der Waals surface area contributed by atoms with Crippen molar-refractivity contribution in [3.8, 4) is 0 Å². The van der Waals surface area contributed by atoms with Gasteiger partial charge >= 0.3 is 0 Å². The third kappa shape index (κ3) is 2.29. The molecule has 1 atom stereocenters. The van der Waals surface area contributed by atoms with Gasteiger partial charge in [-0.25, -0.2) is 0 Å². The summed E-state index contributed by atoms with van der Waals surface area (Å²) in [6, 6.07) is 14.6. The van der Waals surface area contributed by atoms with Gasteiger partial charge in [-0.1, -0.05) is 35.5 Å². The first-order valence-electron chi connectivity index (χ1n) is 7.39. The lowest BCUT2D eigenvalue weighted by Crippen LogP contribution is -2.37. The lowest BCUT2D eigenvalue weighted by Gasteiger charge is -2.10. The lowest BCUT2D eigenvalue weighted by molar-refractivity contribution is 0.0866. The molecule has 0 bridgehead atoms. The summed E-state index contributed by atoms with van der Waals surface area (Å²) in [5.41, 5.74) is 9.54. The van der Waals surface area contributed by atoms with E-state index in [1.165, 1.54) is 4.68 Å². The van der Waals surface area contributed by atoms with Crippen LogP contribution in [-0.4, -0.2) is 31.9 Å². The van der Waals surface area contributed by atoms with Crippen LogP contribution < -0.4 is 5.73 Å². The summed E-state index contributed by atoms with van der Waals surface area (Å²) >= 11 is 0. The van der Waals surface area contributed by atoms with Gasteiger partial charge in [-0.2, -0.15) is 4.68 Å². The first-order chi connectivity index (χ1) is 11.2. The summed E-state index contributed by atoms with van der Waals surface area (Å²) in [5.74, 6) is -0.260. The van der Waals surface area contributed by atoms with E-state index in [-0.39, 0.29) is 5.91 Å². The number of fused-ring (bicyclic) bond motifs is 2. The first kappa shape index (κ1) is 13.7. The van der Waals surface area contributed by atoms with Crippen molar-refractivity contribution in [2.24, 2.45) is 5.73 Å². The number of aromatic amines is 1. The number of hydrogen-bond acceptors (Lipinski definition) is 4. The second kappa shape index (κ2) is 5.33. The van der Waals surface area contributed by atoms with Gasteiger partial charge in [-0.05, 0) is 30.2 Å². The maximum Gasteiger partial charge on any atom is 0.266 e. The zero-order valence-corrected chi connectivity index (χ0v) is 12.3. The highest BCUT2D eigenvalue weighted by Crippen LogP contribution is 2.19. The Labute approximate surface area is 131 Å². The Bertz CT molecular complexity index is 1000. The van der Waals surface area contributed by atoms with Crippen LogP contribution in [0.3, 0.4) is 0 Å². The number of nitrogens with zero attached hydrogens (tertiary/aromatic N) is 3. The number of H-pyrrole nitrogens is 1. The minimum atomic E-state index is -0.681. The number of hydrogen-bond donors (Lipinski definition) is 2. The minimum absolute atomic E-state index is 0.260. The molecular weight excluding hydrogens is 290 g/mol. The molecule has 0 amide bonds. The van der Waals surface area contributed by atoms with E-state index < -0.39 is 6.04 Å². The number of carbonyl (C=O) groups excluding carboxylic acids is 1. The van der Waals surface area contributed by atoms with Gasteiger partial charge in [0.2, 0.25) is 0 Å². The largest absolute Gasteiger partial charge is 0.361 e. The molecule has 0 spiro atoms. The van der Waals surface area contributed by atoms with Gasteiger partial charge in [0, 0.05) is 17.1 Å². The number of nitrogens with two attached hydrogens (primary N) is 1. The van der Waals surface area contributed by atoms with Crippen molar-refractivity contribution in [2.45, 2.75) is 12.5 Å². The predicted molar refractivity (Wildman–Crippen MR) is 88.1 cm³/mol. The fourth-order valence-corrected chi connectivity index (χ4v) is 2.81. The monoisotopic (exact) mass is 305 g/mol. The van der Waals surface area contributed by atoms with E-state index in [0.29, 0.717) is 17.5 Å². The van der Waals surface area contributed by atoms with Crippen molar-refractivity contribution in [3.63, 3.8) is 0 Å². The molecule has 6 nitrogen and oxygen atoms in total. The summed E-state index contributed by atoms with van der Waals surface area (Å²) in [4.78, 5) is 15.8. The van der Waals surface area contributed by atoms with Gasteiger partial charge in [0.1, 0.15) is 5.52 Å². The average Bonchev–Trinajstić information content (AvgIpc) is 3.19. The van der Waals surface area contributed by atoms with Gasteiger partial charge in [0.25, 0.3) is 5.91 Å². The van der Waals surface area contributed by atoms with Gasteiger partial charge in [-0.15, -0.1) is 5.10 Å². The molecule has 3 N–H and O–H groups in total. The van der Waals surface area contributed by atoms with Crippen molar-refractivity contribution in [1.82, 2.24) is 20.0 Å². The molecule has 0 saturated carbocycles. The Hall–Kier alpha value is -2.99. The number of rotatable bonds is 3. The molecule has 0 unspecified atom stereocenters. The maximum atomic E-state index is 12.6. The van der Waals surface area contributed by atoms with Gasteiger partial charge < -0.3 is 10.7 Å². The van der Waals surface area contributed by atoms with E-state index in [1.807, 2.05) is 54.7 Å². The lowest BCUT2D eigenvalue weighted by atomic mass is 10.1. The van der Waals surface area contributed by atoms with Crippen molar-refractivity contribution in [3.05, 3.63) is 60.3 Å². The summed E-state index contributed by atoms with van der Waals surface area (Å²) in [7, 11) is 0. The molecule has 0 aliphatic rings. The number of benzene rings is 2. The number of nitrogens with one attached hydrogen (secondary N) is 1. The van der Waals surface area contributed by atoms with Crippen molar-refractivity contribution >= 4 is 27.8 Å². The van der Waals surface area contributed by atoms with Gasteiger partial charge in [0.15, 0.2) is 0 Å². The smallest absolute Gasteiger partial charge is 0.266 e. The Morgan fingerprint density at radius 1 is 1.17 bits per heavy atom. The van der Waals surface area contributed by atoms with Gasteiger partial charge in [-0.3, -0.25) is 4.79 Å². The molecule has 6 heteroatoms. The van der Waals surface area contributed by atoms with E-state index >= 15 is 0 Å². The Kier molecular flexibility index (Phi) is 3.17. The molecule has 2 aromatic heterocycles. The zero-order chi connectivity index (χ0) is 15.8. The third-order valence-electron chi connectivity index (χ3n) is 3.99. The molecule has 0 saturated heterocycles. The summed E-state index contributed by atoms with van der Waals surface area (Å²) in [5, 5.41) is 9.02. The van der Waals surface area contributed by atoms with Crippen molar-refractivity contribution < 1.29 is 4.79 Å². The van der Waals surface area contributed by atoms with Crippen LogP contribution >= 0.6 is 0 Å². The molecule has 2 heterocycles. The molecule has 4 aromatic rings. The first-order valence-corrected chi connectivity index (χ1v) is 7.39. The fourth-order valence-electron chi connectivity index (χ4n) is 2.81. The molecule has 4 rings (SSSR count). The molecule has 0 aliphatic carbocycles. The van der Waals surface area contributed by atoms with Crippen LogP contribution in [-0.2, 0) is 6.42 Å². The number of carbonyl (C=O) groups is 1. The van der Waals surface area contributed by atoms with Crippen molar-refractivity contribution in [2.75, 3.05) is 0 Å². The molecule has 0 fully saturated rings. The topological polar surface area (TPSA) is 89.6 Å². The average molecular weight is 305 g/mol. The quantitative estimate of drug-likeness (QED) is 0.606. The third-order valence-corrected chi connectivity index (χ3v) is 3.99. The molecule has 0 radical (unpaired) electrons. The van der Waals surface area contributed by atoms with E-state index in [2.05, 4.69) is 15.3 Å². The van der Waals surface area contributed by atoms with Crippen LogP contribution in [0.1, 0.15) is 10.4 Å². The number of aromatic nitrogens is 4. The summed E-state index contributed by atoms with van der Waals surface area (Å²) in [6.45, 7) is 0. The highest BCUT2D eigenvalue weighted by Gasteiger charge is 2.20. The second-order valence-corrected chi connectivity index (χ2v) is 5.50. The van der Waals surface area contributed by atoms with Gasteiger partial charge in [0.05, 0.1) is 11.6 Å². The normalized spacial score (nSPS) is 12.7. The number of para-hydroxylation sites is 2. The van der Waals surface area contributed by atoms with Crippen molar-refractivity contribution in [1.29, 1.82) is 0 Å². The highest BCUT2D eigenvalue weighted by atomic mass is 16.2. The van der Waals surface area contributed by atoms with E-state index in [9.17, 15) is 4.79 Å². The molecule has 114 valence electrons. The SMILES string of the molecule is N[C@@H](Cc1c[nH]c2ccccc12)C(=O)n1nnc2ccccc21. The molecular formula is C17H15N5O. The second-order valence-electron chi connectivity index (χ2n) is 5.50. The Morgan fingerprint density at radius 3 is 2.87 bits per heavy atom. The van der Waals surface area contributed by atoms with Crippen LogP contribution in [0, 0.1) is 0 Å². The Balaban J connectivity index is 1.64. The molecule has 2 aromatic carbocycles. The summed E-state index contributed by atoms with van der Waals surface area (Å²) in [6.07, 6.45) is 2.34. The fraction of sp³-hybridized carbons (Fsp3) is 0.118. The summed E-state index contributed by atoms with van der Waals surface area (Å²) < 4.78 is 1.29. The van der Waals surface area contributed by atoms with Crippen LogP contribution in [0.4, 0.5) is 0 Å². The van der Waals surface area contributed by atoms with E-state index in [0.717, 1.165) is 16.5 Å². The van der Waals surface area contributed by atoms with Crippen LogP contribution in [0.5, 0.6) is 0 Å². The highest BCUT2D eigenvalue weighted by molar-refractivity contribution is 5.92.